The van der Waals surface area contributed by atoms with Gasteiger partial charge in [-0.2, -0.15) is 0 Å². The Morgan fingerprint density at radius 2 is 2.07 bits per heavy atom. The third kappa shape index (κ3) is 2.32. The second kappa shape index (κ2) is 4.56. The lowest BCUT2D eigenvalue weighted by Crippen LogP contribution is -2.02. The summed E-state index contributed by atoms with van der Waals surface area (Å²) in [5.74, 6) is 1.13. The molecule has 0 saturated carbocycles. The van der Waals surface area contributed by atoms with Crippen molar-refractivity contribution in [2.45, 2.75) is 26.7 Å². The summed E-state index contributed by atoms with van der Waals surface area (Å²) in [4.78, 5) is 0. The summed E-state index contributed by atoms with van der Waals surface area (Å²) in [5, 5.41) is 0.662. The third-order valence-electron chi connectivity index (χ3n) is 2.02. The Balaban J connectivity index is 3.21. The molecule has 1 aromatic rings. The monoisotopic (exact) mass is 213 g/mol. The predicted octanol–water partition coefficient (Wildman–Crippen LogP) is 3.44. The Morgan fingerprint density at radius 1 is 1.43 bits per heavy atom. The minimum absolute atomic E-state index is 0.359. The van der Waals surface area contributed by atoms with Gasteiger partial charge < -0.3 is 10.5 Å². The third-order valence-corrected chi connectivity index (χ3v) is 2.24. The van der Waals surface area contributed by atoms with Crippen LogP contribution in [0.5, 0.6) is 5.75 Å². The molecule has 0 aliphatic rings. The first kappa shape index (κ1) is 11.2. The van der Waals surface area contributed by atoms with Gasteiger partial charge >= 0.3 is 0 Å². The Morgan fingerprint density at radius 3 is 2.57 bits per heavy atom. The van der Waals surface area contributed by atoms with Crippen molar-refractivity contribution >= 4 is 17.3 Å². The van der Waals surface area contributed by atoms with Crippen molar-refractivity contribution in [2.24, 2.45) is 0 Å². The smallest absolute Gasteiger partial charge is 0.145 e. The van der Waals surface area contributed by atoms with E-state index in [-0.39, 0.29) is 0 Å². The number of nitrogen functional groups attached to an aromatic ring is 1. The second-order valence-electron chi connectivity index (χ2n) is 3.50. The Bertz CT molecular complexity index is 323. The minimum Gasteiger partial charge on any atom is -0.491 e. The van der Waals surface area contributed by atoms with Crippen molar-refractivity contribution in [2.75, 3.05) is 12.3 Å². The lowest BCUT2D eigenvalue weighted by Gasteiger charge is -2.15. The van der Waals surface area contributed by atoms with Gasteiger partial charge in [-0.25, -0.2) is 0 Å². The van der Waals surface area contributed by atoms with Gasteiger partial charge in [-0.3, -0.25) is 0 Å². The molecule has 14 heavy (non-hydrogen) atoms. The Kier molecular flexibility index (Phi) is 3.64. The van der Waals surface area contributed by atoms with Crippen LogP contribution in [0, 0.1) is 0 Å². The topological polar surface area (TPSA) is 35.2 Å². The average Bonchev–Trinajstić information content (AvgIpc) is 2.09. The second-order valence-corrected chi connectivity index (χ2v) is 3.94. The molecule has 0 aliphatic heterocycles. The van der Waals surface area contributed by atoms with Crippen LogP contribution < -0.4 is 10.5 Å². The summed E-state index contributed by atoms with van der Waals surface area (Å²) >= 11 is 5.93. The number of rotatable bonds is 3. The quantitative estimate of drug-likeness (QED) is 0.781. The first-order valence-electron chi connectivity index (χ1n) is 4.78. The SMILES string of the molecule is CCOc1c(N)cc(Cl)cc1C(C)C. The van der Waals surface area contributed by atoms with Crippen molar-refractivity contribution in [3.63, 3.8) is 0 Å². The number of hydrogen-bond donors (Lipinski definition) is 1. The number of ether oxygens (including phenoxy) is 1. The fraction of sp³-hybridized carbons (Fsp3) is 0.455. The zero-order chi connectivity index (χ0) is 10.7. The summed E-state index contributed by atoms with van der Waals surface area (Å²) in [7, 11) is 0. The van der Waals surface area contributed by atoms with E-state index in [1.165, 1.54) is 0 Å². The summed E-state index contributed by atoms with van der Waals surface area (Å²) in [6.07, 6.45) is 0. The van der Waals surface area contributed by atoms with Gasteiger partial charge in [0.15, 0.2) is 0 Å². The van der Waals surface area contributed by atoms with E-state index in [2.05, 4.69) is 13.8 Å². The van der Waals surface area contributed by atoms with E-state index < -0.39 is 0 Å². The lowest BCUT2D eigenvalue weighted by atomic mass is 10.0. The lowest BCUT2D eigenvalue weighted by molar-refractivity contribution is 0.337. The number of anilines is 1. The molecule has 3 heteroatoms. The number of nitrogens with two attached hydrogens (primary N) is 1. The van der Waals surface area contributed by atoms with Crippen LogP contribution in [0.15, 0.2) is 12.1 Å². The van der Waals surface area contributed by atoms with Crippen LogP contribution in [0.2, 0.25) is 5.02 Å². The fourth-order valence-corrected chi connectivity index (χ4v) is 1.61. The zero-order valence-corrected chi connectivity index (χ0v) is 9.56. The molecule has 0 spiro atoms. The molecule has 2 N–H and O–H groups in total. The largest absolute Gasteiger partial charge is 0.491 e. The van der Waals surface area contributed by atoms with Gasteiger partial charge in [0.2, 0.25) is 0 Å². The van der Waals surface area contributed by atoms with E-state index in [1.807, 2.05) is 13.0 Å². The van der Waals surface area contributed by atoms with Crippen LogP contribution in [0.1, 0.15) is 32.3 Å². The van der Waals surface area contributed by atoms with Gasteiger partial charge in [0.1, 0.15) is 5.75 Å². The molecule has 0 radical (unpaired) electrons. The summed E-state index contributed by atoms with van der Waals surface area (Å²) in [6.45, 7) is 6.74. The van der Waals surface area contributed by atoms with Crippen LogP contribution >= 0.6 is 11.6 Å². The van der Waals surface area contributed by atoms with Crippen LogP contribution in [0.4, 0.5) is 5.69 Å². The van der Waals surface area contributed by atoms with E-state index in [0.29, 0.717) is 23.2 Å². The van der Waals surface area contributed by atoms with Gasteiger partial charge in [0, 0.05) is 10.6 Å². The molecule has 0 unspecified atom stereocenters. The molecule has 0 aliphatic carbocycles. The first-order chi connectivity index (χ1) is 6.56. The Hall–Kier alpha value is -0.890. The average molecular weight is 214 g/mol. The van der Waals surface area contributed by atoms with Gasteiger partial charge in [-0.1, -0.05) is 25.4 Å². The van der Waals surface area contributed by atoms with Gasteiger partial charge in [-0.05, 0) is 25.0 Å². The summed E-state index contributed by atoms with van der Waals surface area (Å²) < 4.78 is 5.50. The molecule has 1 aromatic carbocycles. The molecule has 0 fully saturated rings. The fourth-order valence-electron chi connectivity index (χ4n) is 1.38. The normalized spacial score (nSPS) is 10.6. The predicted molar refractivity (Wildman–Crippen MR) is 61.1 cm³/mol. The van der Waals surface area contributed by atoms with Gasteiger partial charge in [0.05, 0.1) is 12.3 Å². The van der Waals surface area contributed by atoms with E-state index in [9.17, 15) is 0 Å². The highest BCUT2D eigenvalue weighted by molar-refractivity contribution is 6.31. The van der Waals surface area contributed by atoms with E-state index in [1.54, 1.807) is 6.07 Å². The number of halogens is 1. The molecular weight excluding hydrogens is 198 g/mol. The van der Waals surface area contributed by atoms with E-state index in [4.69, 9.17) is 22.1 Å². The maximum absolute atomic E-state index is 5.93. The summed E-state index contributed by atoms with van der Waals surface area (Å²) in [5.41, 5.74) is 7.52. The molecule has 0 saturated heterocycles. The van der Waals surface area contributed by atoms with Crippen molar-refractivity contribution in [3.05, 3.63) is 22.7 Å². The van der Waals surface area contributed by atoms with E-state index in [0.717, 1.165) is 11.3 Å². The van der Waals surface area contributed by atoms with E-state index >= 15 is 0 Å². The van der Waals surface area contributed by atoms with Crippen molar-refractivity contribution in [3.8, 4) is 5.75 Å². The molecule has 1 rings (SSSR count). The number of hydrogen-bond acceptors (Lipinski definition) is 2. The molecule has 0 heterocycles. The highest BCUT2D eigenvalue weighted by atomic mass is 35.5. The maximum atomic E-state index is 5.93. The van der Waals surface area contributed by atoms with Crippen LogP contribution in [-0.4, -0.2) is 6.61 Å². The molecular formula is C11H16ClNO. The van der Waals surface area contributed by atoms with Crippen molar-refractivity contribution in [1.82, 2.24) is 0 Å². The van der Waals surface area contributed by atoms with Gasteiger partial charge in [0.25, 0.3) is 0 Å². The van der Waals surface area contributed by atoms with Crippen LogP contribution in [-0.2, 0) is 0 Å². The molecule has 78 valence electrons. The molecule has 0 aromatic heterocycles. The summed E-state index contributed by atoms with van der Waals surface area (Å²) in [6, 6.07) is 3.63. The highest BCUT2D eigenvalue weighted by Gasteiger charge is 2.12. The highest BCUT2D eigenvalue weighted by Crippen LogP contribution is 2.35. The zero-order valence-electron chi connectivity index (χ0n) is 8.80. The molecule has 0 amide bonds. The first-order valence-corrected chi connectivity index (χ1v) is 5.15. The maximum Gasteiger partial charge on any atom is 0.145 e. The Labute approximate surface area is 90.0 Å². The molecule has 2 nitrogen and oxygen atoms in total. The number of benzene rings is 1. The van der Waals surface area contributed by atoms with Crippen molar-refractivity contribution in [1.29, 1.82) is 0 Å². The van der Waals surface area contributed by atoms with Crippen LogP contribution in [0.25, 0.3) is 0 Å². The van der Waals surface area contributed by atoms with Crippen LogP contribution in [0.3, 0.4) is 0 Å². The molecule has 0 atom stereocenters. The van der Waals surface area contributed by atoms with Gasteiger partial charge in [-0.15, -0.1) is 0 Å². The standard InChI is InChI=1S/C11H16ClNO/c1-4-14-11-9(7(2)3)5-8(12)6-10(11)13/h5-7H,4,13H2,1-3H3. The van der Waals surface area contributed by atoms with Crippen molar-refractivity contribution < 1.29 is 4.74 Å². The molecule has 0 bridgehead atoms. The minimum atomic E-state index is 0.359.